The molecule has 0 bridgehead atoms. The second kappa shape index (κ2) is 7.95. The van der Waals surface area contributed by atoms with Gasteiger partial charge in [0, 0.05) is 0 Å². The maximum atomic E-state index is 12.9. The van der Waals surface area contributed by atoms with Gasteiger partial charge in [0.05, 0.1) is 17.6 Å². The van der Waals surface area contributed by atoms with Gasteiger partial charge in [-0.2, -0.15) is 0 Å². The maximum absolute atomic E-state index is 12.9. The molecule has 1 fully saturated rings. The van der Waals surface area contributed by atoms with Crippen molar-refractivity contribution < 1.29 is 14.0 Å². The molecule has 3 nitrogen and oxygen atoms in total. The Morgan fingerprint density at radius 3 is 2.32 bits per heavy atom. The van der Waals surface area contributed by atoms with E-state index < -0.39 is 19.3 Å². The highest BCUT2D eigenvalue weighted by Gasteiger charge is 2.59. The highest BCUT2D eigenvalue weighted by Crippen LogP contribution is 2.54. The Morgan fingerprint density at radius 2 is 1.84 bits per heavy atom. The zero-order valence-corrected chi connectivity index (χ0v) is 18.8. The lowest BCUT2D eigenvalue weighted by Crippen LogP contribution is -2.63. The standard InChI is InChI=1S/C21H40O3Si/c1-10-14-17-15-12-13-16-21(17,20(6,7)18(22)23-11-2)24-25(8,9)19(3,4)5/h10,17H,1,11-16H2,2-9H3/t17-,21+/m0/s1. The molecule has 0 N–H and O–H groups in total. The topological polar surface area (TPSA) is 35.5 Å². The second-order valence-electron chi connectivity index (χ2n) is 9.56. The number of hydrogen-bond acceptors (Lipinski definition) is 3. The number of carbonyl (C=O) groups is 1. The third kappa shape index (κ3) is 4.39. The Hall–Kier alpha value is -0.613. The van der Waals surface area contributed by atoms with Crippen LogP contribution in [-0.2, 0) is 14.0 Å². The Morgan fingerprint density at radius 1 is 1.24 bits per heavy atom. The molecule has 1 aliphatic carbocycles. The van der Waals surface area contributed by atoms with Crippen LogP contribution in [0.25, 0.3) is 0 Å². The first-order valence-corrected chi connectivity index (χ1v) is 12.7. The second-order valence-corrected chi connectivity index (χ2v) is 14.3. The zero-order chi connectivity index (χ0) is 19.5. The van der Waals surface area contributed by atoms with Gasteiger partial charge < -0.3 is 9.16 Å². The van der Waals surface area contributed by atoms with Crippen molar-refractivity contribution in [1.82, 2.24) is 0 Å². The summed E-state index contributed by atoms with van der Waals surface area (Å²) in [4.78, 5) is 12.9. The van der Waals surface area contributed by atoms with E-state index in [0.717, 1.165) is 25.7 Å². The molecule has 4 heteroatoms. The van der Waals surface area contributed by atoms with E-state index in [1.54, 1.807) is 0 Å². The summed E-state index contributed by atoms with van der Waals surface area (Å²) in [5.41, 5.74) is -1.15. The van der Waals surface area contributed by atoms with E-state index in [-0.39, 0.29) is 11.0 Å². The average molecular weight is 369 g/mol. The van der Waals surface area contributed by atoms with Crippen LogP contribution in [0.15, 0.2) is 12.7 Å². The van der Waals surface area contributed by atoms with Crippen LogP contribution in [0.2, 0.25) is 18.1 Å². The van der Waals surface area contributed by atoms with Crippen molar-refractivity contribution in [1.29, 1.82) is 0 Å². The summed E-state index contributed by atoms with van der Waals surface area (Å²) in [7, 11) is -2.06. The predicted octanol–water partition coefficient (Wildman–Crippen LogP) is 6.10. The summed E-state index contributed by atoms with van der Waals surface area (Å²) in [6.07, 6.45) is 7.18. The smallest absolute Gasteiger partial charge is 0.314 e. The van der Waals surface area contributed by atoms with Gasteiger partial charge in [-0.25, -0.2) is 0 Å². The summed E-state index contributed by atoms with van der Waals surface area (Å²) in [6, 6.07) is 0. The van der Waals surface area contributed by atoms with Crippen molar-refractivity contribution in [3.63, 3.8) is 0 Å². The number of hydrogen-bond donors (Lipinski definition) is 0. The van der Waals surface area contributed by atoms with Gasteiger partial charge in [0.15, 0.2) is 8.32 Å². The van der Waals surface area contributed by atoms with E-state index in [4.69, 9.17) is 9.16 Å². The maximum Gasteiger partial charge on any atom is 0.314 e. The van der Waals surface area contributed by atoms with E-state index in [9.17, 15) is 4.79 Å². The number of ether oxygens (including phenoxy) is 1. The van der Waals surface area contributed by atoms with Gasteiger partial charge >= 0.3 is 5.97 Å². The van der Waals surface area contributed by atoms with Gasteiger partial charge in [0.25, 0.3) is 0 Å². The SMILES string of the molecule is C=CC[C@H]1CCCC[C@]1(O[Si](C)(C)C(C)(C)C)C(C)(C)C(=O)OCC. The summed E-state index contributed by atoms with van der Waals surface area (Å²) in [5, 5.41) is 0.0981. The predicted molar refractivity (Wildman–Crippen MR) is 108 cm³/mol. The van der Waals surface area contributed by atoms with E-state index in [1.165, 1.54) is 6.42 Å². The van der Waals surface area contributed by atoms with Crippen LogP contribution in [0.1, 0.15) is 73.6 Å². The molecule has 0 saturated heterocycles. The fourth-order valence-electron chi connectivity index (χ4n) is 3.90. The molecule has 1 rings (SSSR count). The lowest BCUT2D eigenvalue weighted by molar-refractivity contribution is -0.181. The number of rotatable bonds is 7. The molecule has 146 valence electrons. The third-order valence-corrected chi connectivity index (χ3v) is 11.0. The first kappa shape index (κ1) is 22.4. The average Bonchev–Trinajstić information content (AvgIpc) is 2.48. The van der Waals surface area contributed by atoms with Crippen molar-refractivity contribution in [2.75, 3.05) is 6.61 Å². The first-order valence-electron chi connectivity index (χ1n) is 9.84. The summed E-state index contributed by atoms with van der Waals surface area (Å²) in [5.74, 6) is 0.178. The van der Waals surface area contributed by atoms with Gasteiger partial charge in [-0.05, 0) is 64.1 Å². The third-order valence-electron chi connectivity index (χ3n) is 6.55. The van der Waals surface area contributed by atoms with Crippen molar-refractivity contribution in [3.05, 3.63) is 12.7 Å². The van der Waals surface area contributed by atoms with Crippen molar-refractivity contribution in [2.24, 2.45) is 11.3 Å². The van der Waals surface area contributed by atoms with Gasteiger partial charge in [-0.1, -0.05) is 39.7 Å². The minimum absolute atomic E-state index is 0.0981. The molecule has 0 aromatic heterocycles. The monoisotopic (exact) mass is 368 g/mol. The fraction of sp³-hybridized carbons (Fsp3) is 0.857. The molecule has 0 unspecified atom stereocenters. The summed E-state index contributed by atoms with van der Waals surface area (Å²) in [6.45, 7) is 21.7. The lowest BCUT2D eigenvalue weighted by atomic mass is 9.60. The first-order chi connectivity index (χ1) is 11.4. The minimum Gasteiger partial charge on any atom is -0.465 e. The molecular weight excluding hydrogens is 328 g/mol. The molecule has 0 aromatic rings. The molecule has 1 saturated carbocycles. The van der Waals surface area contributed by atoms with E-state index in [0.29, 0.717) is 12.5 Å². The van der Waals surface area contributed by atoms with Crippen LogP contribution >= 0.6 is 0 Å². The van der Waals surface area contributed by atoms with Gasteiger partial charge in [-0.3, -0.25) is 4.79 Å². The van der Waals surface area contributed by atoms with Gasteiger partial charge in [0.1, 0.15) is 0 Å². The van der Waals surface area contributed by atoms with Gasteiger partial charge in [-0.15, -0.1) is 6.58 Å². The van der Waals surface area contributed by atoms with E-state index >= 15 is 0 Å². The van der Waals surface area contributed by atoms with Crippen molar-refractivity contribution in [3.8, 4) is 0 Å². The Balaban J connectivity index is 3.44. The van der Waals surface area contributed by atoms with Crippen molar-refractivity contribution in [2.45, 2.75) is 97.4 Å². The molecule has 25 heavy (non-hydrogen) atoms. The largest absolute Gasteiger partial charge is 0.465 e. The normalized spacial score (nSPS) is 25.5. The molecule has 1 aliphatic rings. The zero-order valence-electron chi connectivity index (χ0n) is 17.8. The quantitative estimate of drug-likeness (QED) is 0.309. The van der Waals surface area contributed by atoms with Crippen molar-refractivity contribution >= 4 is 14.3 Å². The van der Waals surface area contributed by atoms with Crippen LogP contribution in [0, 0.1) is 11.3 Å². The number of esters is 1. The van der Waals surface area contributed by atoms with E-state index in [1.807, 2.05) is 26.8 Å². The van der Waals surface area contributed by atoms with Crippen LogP contribution in [0.4, 0.5) is 0 Å². The molecule has 0 amide bonds. The number of carbonyl (C=O) groups excluding carboxylic acids is 1. The highest BCUT2D eigenvalue weighted by molar-refractivity contribution is 6.74. The van der Waals surface area contributed by atoms with Gasteiger partial charge in [0.2, 0.25) is 0 Å². The molecule has 0 radical (unpaired) electrons. The Kier molecular flexibility index (Phi) is 7.14. The molecule has 0 spiro atoms. The van der Waals surface area contributed by atoms with Crippen LogP contribution < -0.4 is 0 Å². The number of allylic oxidation sites excluding steroid dienone is 1. The molecule has 2 atom stereocenters. The highest BCUT2D eigenvalue weighted by atomic mass is 28.4. The summed E-state index contributed by atoms with van der Waals surface area (Å²) >= 11 is 0. The van der Waals surface area contributed by atoms with E-state index in [2.05, 4.69) is 40.4 Å². The Bertz CT molecular complexity index is 476. The van der Waals surface area contributed by atoms with Crippen LogP contribution in [-0.4, -0.2) is 26.5 Å². The fourth-order valence-corrected chi connectivity index (χ4v) is 5.64. The summed E-state index contributed by atoms with van der Waals surface area (Å²) < 4.78 is 12.6. The Labute approximate surface area is 156 Å². The van der Waals surface area contributed by atoms with Crippen LogP contribution in [0.3, 0.4) is 0 Å². The molecule has 0 aliphatic heterocycles. The molecule has 0 aromatic carbocycles. The lowest BCUT2D eigenvalue weighted by Gasteiger charge is -2.57. The molecule has 0 heterocycles. The van der Waals surface area contributed by atoms with Crippen LogP contribution in [0.5, 0.6) is 0 Å². The minimum atomic E-state index is -2.06. The molecular formula is C21H40O3Si.